The van der Waals surface area contributed by atoms with E-state index in [2.05, 4.69) is 0 Å². The van der Waals surface area contributed by atoms with Crippen molar-refractivity contribution < 1.29 is 13.2 Å². The minimum atomic E-state index is -3.67. The van der Waals surface area contributed by atoms with Crippen molar-refractivity contribution in [3.8, 4) is 0 Å². The van der Waals surface area contributed by atoms with Gasteiger partial charge in [0, 0.05) is 11.4 Å². The van der Waals surface area contributed by atoms with E-state index < -0.39 is 6.68 Å². The molecule has 0 aliphatic rings. The van der Waals surface area contributed by atoms with E-state index in [0.29, 0.717) is 6.54 Å². The smallest absolute Gasteiger partial charge is 0.326 e. The fraction of sp³-hybridized carbons (Fsp3) is 0.333. The van der Waals surface area contributed by atoms with Crippen LogP contribution < -0.4 is 5.73 Å². The molecule has 0 aromatic carbocycles. The van der Waals surface area contributed by atoms with Crippen molar-refractivity contribution in [1.29, 1.82) is 0 Å². The van der Waals surface area contributed by atoms with Gasteiger partial charge in [0.15, 0.2) is 0 Å². The van der Waals surface area contributed by atoms with Crippen LogP contribution in [0.25, 0.3) is 0 Å². The number of nitrogens with two attached hydrogens (primary N) is 1. The summed E-state index contributed by atoms with van der Waals surface area (Å²) in [7, 11) is 0. The van der Waals surface area contributed by atoms with Gasteiger partial charge in [-0.15, -0.1) is 11.3 Å². The molecule has 1 heterocycles. The van der Waals surface area contributed by atoms with Crippen LogP contribution in [0.3, 0.4) is 0 Å². The van der Waals surface area contributed by atoms with E-state index >= 15 is 0 Å². The first-order valence-corrected chi connectivity index (χ1v) is 3.69. The fourth-order valence-electron chi connectivity index (χ4n) is 0.429. The van der Waals surface area contributed by atoms with E-state index in [4.69, 9.17) is 5.73 Å². The van der Waals surface area contributed by atoms with Gasteiger partial charge in [-0.3, -0.25) is 0 Å². The predicted octanol–water partition coefficient (Wildman–Crippen LogP) is 2.39. The van der Waals surface area contributed by atoms with Gasteiger partial charge < -0.3 is 5.73 Å². The third-order valence-electron chi connectivity index (χ3n) is 0.781. The van der Waals surface area contributed by atoms with Gasteiger partial charge in [-0.05, 0) is 11.4 Å². The van der Waals surface area contributed by atoms with Gasteiger partial charge in [-0.1, -0.05) is 6.07 Å². The molecule has 0 amide bonds. The second-order valence-electron chi connectivity index (χ2n) is 1.53. The summed E-state index contributed by atoms with van der Waals surface area (Å²) >= 11 is 1.70. The first-order valence-electron chi connectivity index (χ1n) is 2.81. The van der Waals surface area contributed by atoms with Crippen LogP contribution in [0.5, 0.6) is 0 Å². The second kappa shape index (κ2) is 6.18. The molecule has 0 spiro atoms. The highest BCUT2D eigenvalue weighted by molar-refractivity contribution is 7.09. The van der Waals surface area contributed by atoms with Crippen LogP contribution in [0.1, 0.15) is 4.88 Å². The molecule has 0 fully saturated rings. The lowest BCUT2D eigenvalue weighted by molar-refractivity contribution is 0.00819. The summed E-state index contributed by atoms with van der Waals surface area (Å²) < 4.78 is 29.0. The monoisotopic (exact) mass is 183 g/mol. The second-order valence-corrected chi connectivity index (χ2v) is 2.56. The van der Waals surface area contributed by atoms with E-state index in [-0.39, 0.29) is 0 Å². The molecule has 5 heteroatoms. The Balaban J connectivity index is 0.000000218. The van der Waals surface area contributed by atoms with Crippen molar-refractivity contribution in [2.45, 2.75) is 13.2 Å². The number of alkyl halides is 3. The standard InChI is InChI=1S/C5H7NS.CHF3/c6-4-5-2-1-3-7-5;2-1(3)4/h1-3H,4,6H2;1H. The SMILES string of the molecule is FC(F)F.NCc1cccs1. The number of hydrogen-bond acceptors (Lipinski definition) is 2. The van der Waals surface area contributed by atoms with Crippen molar-refractivity contribution in [2.75, 3.05) is 0 Å². The maximum absolute atomic E-state index is 9.67. The Morgan fingerprint density at radius 2 is 2.00 bits per heavy atom. The van der Waals surface area contributed by atoms with E-state index in [1.54, 1.807) is 11.3 Å². The van der Waals surface area contributed by atoms with Crippen LogP contribution >= 0.6 is 11.3 Å². The number of rotatable bonds is 1. The third kappa shape index (κ3) is 7.35. The molecule has 0 atom stereocenters. The maximum Gasteiger partial charge on any atom is 0.379 e. The Kier molecular flexibility index (Phi) is 5.87. The van der Waals surface area contributed by atoms with Crippen molar-refractivity contribution in [3.63, 3.8) is 0 Å². The lowest BCUT2D eigenvalue weighted by Gasteiger charge is -1.79. The Bertz CT molecular complexity index is 162. The van der Waals surface area contributed by atoms with Gasteiger partial charge in [0.2, 0.25) is 0 Å². The highest BCUT2D eigenvalue weighted by Gasteiger charge is 1.86. The summed E-state index contributed by atoms with van der Waals surface area (Å²) in [5.74, 6) is 0. The van der Waals surface area contributed by atoms with E-state index in [1.165, 1.54) is 4.88 Å². The number of hydrogen-bond donors (Lipinski definition) is 1. The molecular weight excluding hydrogens is 175 g/mol. The van der Waals surface area contributed by atoms with Crippen LogP contribution in [0.15, 0.2) is 17.5 Å². The first-order chi connectivity index (χ1) is 5.16. The summed E-state index contributed by atoms with van der Waals surface area (Å²) in [4.78, 5) is 1.25. The van der Waals surface area contributed by atoms with E-state index in [1.807, 2.05) is 17.5 Å². The van der Waals surface area contributed by atoms with Crippen molar-refractivity contribution >= 4 is 11.3 Å². The van der Waals surface area contributed by atoms with Crippen molar-refractivity contribution in [3.05, 3.63) is 22.4 Å². The largest absolute Gasteiger partial charge is 0.379 e. The van der Waals surface area contributed by atoms with Gasteiger partial charge in [-0.2, -0.15) is 13.2 Å². The fourth-order valence-corrected chi connectivity index (χ4v) is 1.01. The molecule has 0 aliphatic carbocycles. The third-order valence-corrected chi connectivity index (χ3v) is 1.68. The first kappa shape index (κ1) is 10.4. The van der Waals surface area contributed by atoms with Crippen molar-refractivity contribution in [2.24, 2.45) is 5.73 Å². The van der Waals surface area contributed by atoms with Crippen LogP contribution in [0, 0.1) is 0 Å². The maximum atomic E-state index is 9.67. The lowest BCUT2D eigenvalue weighted by atomic mass is 10.5. The lowest BCUT2D eigenvalue weighted by Crippen LogP contribution is -1.90. The average Bonchev–Trinajstić information content (AvgIpc) is 2.36. The van der Waals surface area contributed by atoms with Crippen molar-refractivity contribution in [1.82, 2.24) is 0 Å². The van der Waals surface area contributed by atoms with Gasteiger partial charge in [0.25, 0.3) is 0 Å². The Hall–Kier alpha value is -0.550. The zero-order valence-electron chi connectivity index (χ0n) is 5.64. The Labute approximate surface area is 66.6 Å². The Morgan fingerprint density at radius 3 is 2.18 bits per heavy atom. The summed E-state index contributed by atoms with van der Waals surface area (Å²) in [5.41, 5.74) is 5.30. The van der Waals surface area contributed by atoms with Gasteiger partial charge in [0.1, 0.15) is 0 Å². The van der Waals surface area contributed by atoms with E-state index in [0.717, 1.165) is 0 Å². The van der Waals surface area contributed by atoms with Gasteiger partial charge in [-0.25, -0.2) is 0 Å². The molecule has 0 unspecified atom stereocenters. The minimum Gasteiger partial charge on any atom is -0.326 e. The zero-order valence-corrected chi connectivity index (χ0v) is 6.45. The average molecular weight is 183 g/mol. The molecule has 1 rings (SSSR count). The minimum absolute atomic E-state index is 0.678. The van der Waals surface area contributed by atoms with Gasteiger partial charge >= 0.3 is 6.68 Å². The Morgan fingerprint density at radius 1 is 1.45 bits per heavy atom. The molecule has 0 saturated carbocycles. The summed E-state index contributed by atoms with van der Waals surface area (Å²) in [5, 5.41) is 2.03. The highest BCUT2D eigenvalue weighted by Crippen LogP contribution is 2.05. The number of thiophene rings is 1. The molecule has 0 radical (unpaired) electrons. The van der Waals surface area contributed by atoms with Crippen LogP contribution in [0.2, 0.25) is 0 Å². The molecule has 0 aliphatic heterocycles. The predicted molar refractivity (Wildman–Crippen MR) is 39.3 cm³/mol. The zero-order chi connectivity index (χ0) is 8.69. The van der Waals surface area contributed by atoms with E-state index in [9.17, 15) is 13.2 Å². The molecule has 0 saturated heterocycles. The quantitative estimate of drug-likeness (QED) is 0.710. The molecule has 1 aromatic heterocycles. The molecule has 64 valence electrons. The molecule has 2 N–H and O–H groups in total. The van der Waals surface area contributed by atoms with Crippen LogP contribution in [-0.4, -0.2) is 6.68 Å². The summed E-state index contributed by atoms with van der Waals surface area (Å²) in [6.07, 6.45) is 0. The number of halogens is 3. The summed E-state index contributed by atoms with van der Waals surface area (Å²) in [6.45, 7) is -2.99. The normalized spacial score (nSPS) is 9.18. The molecule has 0 bridgehead atoms. The van der Waals surface area contributed by atoms with Gasteiger partial charge in [0.05, 0.1) is 0 Å². The topological polar surface area (TPSA) is 26.0 Å². The molecule has 1 nitrogen and oxygen atoms in total. The summed E-state index contributed by atoms with van der Waals surface area (Å²) in [6, 6.07) is 4.04. The molecular formula is C6H8F3NS. The van der Waals surface area contributed by atoms with Crippen LogP contribution in [-0.2, 0) is 6.54 Å². The molecule has 11 heavy (non-hydrogen) atoms. The van der Waals surface area contributed by atoms with Crippen LogP contribution in [0.4, 0.5) is 13.2 Å². The highest BCUT2D eigenvalue weighted by atomic mass is 32.1. The molecule has 1 aromatic rings.